The predicted molar refractivity (Wildman–Crippen MR) is 81.2 cm³/mol. The van der Waals surface area contributed by atoms with Gasteiger partial charge in [-0.05, 0) is 6.07 Å². The summed E-state index contributed by atoms with van der Waals surface area (Å²) in [5, 5.41) is 2.61. The maximum absolute atomic E-state index is 13.6. The topological polar surface area (TPSA) is 75.7 Å². The van der Waals surface area contributed by atoms with Crippen LogP contribution < -0.4 is 5.32 Å². The van der Waals surface area contributed by atoms with E-state index in [0.29, 0.717) is 13.2 Å². The fraction of sp³-hybridized carbons (Fsp3) is 0.500. The Morgan fingerprint density at radius 2 is 2.05 bits per heavy atom. The summed E-state index contributed by atoms with van der Waals surface area (Å²) in [7, 11) is -2.02. The third-order valence-electron chi connectivity index (χ3n) is 2.99. The van der Waals surface area contributed by atoms with E-state index in [2.05, 4.69) is 5.32 Å². The lowest BCUT2D eigenvalue weighted by Crippen LogP contribution is -2.35. The van der Waals surface area contributed by atoms with Gasteiger partial charge in [-0.2, -0.15) is 4.31 Å². The molecule has 0 spiro atoms. The van der Waals surface area contributed by atoms with Crippen molar-refractivity contribution in [2.45, 2.75) is 13.0 Å². The summed E-state index contributed by atoms with van der Waals surface area (Å²) < 4.78 is 43.1. The Labute approximate surface area is 130 Å². The van der Waals surface area contributed by atoms with Gasteiger partial charge >= 0.3 is 0 Å². The highest BCUT2D eigenvalue weighted by Crippen LogP contribution is 2.12. The summed E-state index contributed by atoms with van der Waals surface area (Å²) in [6, 6.07) is 5.96. The molecule has 0 aliphatic heterocycles. The number of rotatable bonds is 9. The van der Waals surface area contributed by atoms with Crippen molar-refractivity contribution in [1.29, 1.82) is 0 Å². The minimum absolute atomic E-state index is 0.00520. The van der Waals surface area contributed by atoms with Crippen molar-refractivity contribution in [3.63, 3.8) is 0 Å². The van der Waals surface area contributed by atoms with E-state index in [1.807, 2.05) is 0 Å². The monoisotopic (exact) mass is 332 g/mol. The van der Waals surface area contributed by atoms with Gasteiger partial charge in [-0.1, -0.05) is 18.2 Å². The van der Waals surface area contributed by atoms with Gasteiger partial charge in [0.25, 0.3) is 0 Å². The average Bonchev–Trinajstić information content (AvgIpc) is 2.44. The highest BCUT2D eigenvalue weighted by atomic mass is 32.2. The average molecular weight is 332 g/mol. The van der Waals surface area contributed by atoms with Crippen LogP contribution in [0.5, 0.6) is 0 Å². The van der Waals surface area contributed by atoms with Gasteiger partial charge in [0, 0.05) is 38.7 Å². The van der Waals surface area contributed by atoms with Crippen LogP contribution in [0.4, 0.5) is 4.39 Å². The van der Waals surface area contributed by atoms with E-state index in [1.54, 1.807) is 6.07 Å². The molecule has 0 saturated carbocycles. The lowest BCUT2D eigenvalue weighted by Gasteiger charge is -2.20. The number of hydrogen-bond donors (Lipinski definition) is 1. The Hall–Kier alpha value is -1.51. The number of ether oxygens (including phenoxy) is 1. The summed E-state index contributed by atoms with van der Waals surface area (Å²) in [6.45, 7) is 0.640. The number of sulfonamides is 1. The van der Waals surface area contributed by atoms with Crippen LogP contribution in [0.2, 0.25) is 0 Å². The Morgan fingerprint density at radius 3 is 2.64 bits per heavy atom. The molecule has 22 heavy (non-hydrogen) atoms. The Balaban J connectivity index is 2.63. The highest BCUT2D eigenvalue weighted by molar-refractivity contribution is 7.88. The molecular weight excluding hydrogens is 311 g/mol. The van der Waals surface area contributed by atoms with E-state index < -0.39 is 15.8 Å². The first-order valence-corrected chi connectivity index (χ1v) is 8.63. The molecule has 0 heterocycles. The molecule has 1 aromatic rings. The Bertz CT molecular complexity index is 592. The van der Waals surface area contributed by atoms with E-state index >= 15 is 0 Å². The second-order valence-corrected chi connectivity index (χ2v) is 6.76. The molecule has 1 amide bonds. The van der Waals surface area contributed by atoms with E-state index in [-0.39, 0.29) is 31.0 Å². The van der Waals surface area contributed by atoms with Gasteiger partial charge in [-0.15, -0.1) is 0 Å². The summed E-state index contributed by atoms with van der Waals surface area (Å²) >= 11 is 0. The summed E-state index contributed by atoms with van der Waals surface area (Å²) in [6.07, 6.45) is 1.04. The molecule has 1 N–H and O–H groups in total. The largest absolute Gasteiger partial charge is 0.383 e. The van der Waals surface area contributed by atoms with Crippen molar-refractivity contribution in [3.8, 4) is 0 Å². The normalized spacial score (nSPS) is 11.6. The number of nitrogens with zero attached hydrogens (tertiary/aromatic N) is 1. The molecular formula is C14H21FN2O4S. The van der Waals surface area contributed by atoms with Gasteiger partial charge in [0.05, 0.1) is 12.9 Å². The zero-order valence-corrected chi connectivity index (χ0v) is 13.5. The van der Waals surface area contributed by atoms with Crippen LogP contribution in [0.3, 0.4) is 0 Å². The molecule has 124 valence electrons. The van der Waals surface area contributed by atoms with E-state index in [0.717, 1.165) is 10.6 Å². The number of methoxy groups -OCH3 is 1. The van der Waals surface area contributed by atoms with Crippen molar-refractivity contribution in [2.75, 3.05) is 33.1 Å². The van der Waals surface area contributed by atoms with Gasteiger partial charge in [0.15, 0.2) is 0 Å². The Morgan fingerprint density at radius 1 is 1.36 bits per heavy atom. The van der Waals surface area contributed by atoms with Crippen LogP contribution in [-0.2, 0) is 26.1 Å². The fourth-order valence-corrected chi connectivity index (χ4v) is 2.58. The van der Waals surface area contributed by atoms with Crippen LogP contribution >= 0.6 is 0 Å². The maximum Gasteiger partial charge on any atom is 0.221 e. The van der Waals surface area contributed by atoms with Crippen LogP contribution in [0.1, 0.15) is 12.0 Å². The number of amides is 1. The van der Waals surface area contributed by atoms with Crippen LogP contribution in [0, 0.1) is 5.82 Å². The zero-order chi connectivity index (χ0) is 16.6. The number of carbonyl (C=O) groups is 1. The Kier molecular flexibility index (Phi) is 7.43. The van der Waals surface area contributed by atoms with Crippen molar-refractivity contribution in [2.24, 2.45) is 0 Å². The SMILES string of the molecule is COCCNC(=O)CCN(Cc1ccccc1F)S(C)(=O)=O. The molecule has 0 atom stereocenters. The molecule has 8 heteroatoms. The molecule has 6 nitrogen and oxygen atoms in total. The smallest absolute Gasteiger partial charge is 0.221 e. The first-order chi connectivity index (χ1) is 10.3. The van der Waals surface area contributed by atoms with Crippen molar-refractivity contribution < 1.29 is 22.3 Å². The number of benzene rings is 1. The minimum atomic E-state index is -3.54. The molecule has 0 aromatic heterocycles. The van der Waals surface area contributed by atoms with Crippen LogP contribution in [0.15, 0.2) is 24.3 Å². The van der Waals surface area contributed by atoms with E-state index in [1.165, 1.54) is 25.3 Å². The molecule has 1 aromatic carbocycles. The lowest BCUT2D eigenvalue weighted by atomic mass is 10.2. The third-order valence-corrected chi connectivity index (χ3v) is 4.24. The molecule has 0 aliphatic carbocycles. The maximum atomic E-state index is 13.6. The molecule has 0 unspecified atom stereocenters. The first-order valence-electron chi connectivity index (χ1n) is 6.78. The first kappa shape index (κ1) is 18.5. The van der Waals surface area contributed by atoms with Gasteiger partial charge < -0.3 is 10.1 Å². The number of halogens is 1. The molecule has 1 rings (SSSR count). The molecule has 0 aliphatic rings. The van der Waals surface area contributed by atoms with Crippen LogP contribution in [0.25, 0.3) is 0 Å². The van der Waals surface area contributed by atoms with Gasteiger partial charge in [0.2, 0.25) is 15.9 Å². The quantitative estimate of drug-likeness (QED) is 0.677. The third kappa shape index (κ3) is 6.50. The lowest BCUT2D eigenvalue weighted by molar-refractivity contribution is -0.121. The van der Waals surface area contributed by atoms with Crippen LogP contribution in [-0.4, -0.2) is 51.7 Å². The van der Waals surface area contributed by atoms with Gasteiger partial charge in [0.1, 0.15) is 5.82 Å². The molecule has 0 bridgehead atoms. The predicted octanol–water partition coefficient (Wildman–Crippen LogP) is 0.740. The summed E-state index contributed by atoms with van der Waals surface area (Å²) in [5.41, 5.74) is 0.271. The number of nitrogens with one attached hydrogen (secondary N) is 1. The molecule has 0 fully saturated rings. The summed E-state index contributed by atoms with van der Waals surface area (Å²) in [4.78, 5) is 11.6. The second-order valence-electron chi connectivity index (χ2n) is 4.78. The zero-order valence-electron chi connectivity index (χ0n) is 12.7. The fourth-order valence-electron chi connectivity index (χ4n) is 1.79. The number of carbonyl (C=O) groups excluding carboxylic acids is 1. The minimum Gasteiger partial charge on any atom is -0.383 e. The van der Waals surface area contributed by atoms with E-state index in [9.17, 15) is 17.6 Å². The van der Waals surface area contributed by atoms with Gasteiger partial charge in [-0.3, -0.25) is 4.79 Å². The van der Waals surface area contributed by atoms with Crippen molar-refractivity contribution >= 4 is 15.9 Å². The number of hydrogen-bond acceptors (Lipinski definition) is 4. The summed E-state index contributed by atoms with van der Waals surface area (Å²) in [5.74, 6) is -0.750. The highest BCUT2D eigenvalue weighted by Gasteiger charge is 2.19. The standard InChI is InChI=1S/C14H21FN2O4S/c1-21-10-8-16-14(18)7-9-17(22(2,19)20)11-12-5-3-4-6-13(12)15/h3-6H,7-11H2,1-2H3,(H,16,18). The molecule has 0 radical (unpaired) electrons. The van der Waals surface area contributed by atoms with Crippen molar-refractivity contribution in [1.82, 2.24) is 9.62 Å². The second kappa shape index (κ2) is 8.82. The molecule has 0 saturated heterocycles. The van der Waals surface area contributed by atoms with Gasteiger partial charge in [-0.25, -0.2) is 12.8 Å². The van der Waals surface area contributed by atoms with Crippen molar-refractivity contribution in [3.05, 3.63) is 35.6 Å². The van der Waals surface area contributed by atoms with E-state index in [4.69, 9.17) is 4.74 Å².